The van der Waals surface area contributed by atoms with Gasteiger partial charge in [-0.15, -0.1) is 0 Å². The van der Waals surface area contributed by atoms with Gasteiger partial charge in [0.25, 0.3) is 5.91 Å². The van der Waals surface area contributed by atoms with Gasteiger partial charge in [0.2, 0.25) is 0 Å². The van der Waals surface area contributed by atoms with Crippen LogP contribution in [0.25, 0.3) is 0 Å². The molecule has 0 aromatic heterocycles. The van der Waals surface area contributed by atoms with Gasteiger partial charge >= 0.3 is 12.4 Å². The number of amides is 1. The molecule has 86 valence electrons. The number of rotatable bonds is 3. The van der Waals surface area contributed by atoms with Gasteiger partial charge < -0.3 is 10.4 Å². The van der Waals surface area contributed by atoms with E-state index in [1.54, 1.807) is 0 Å². The molecule has 1 aromatic rings. The summed E-state index contributed by atoms with van der Waals surface area (Å²) in [4.78, 5) is 21.5. The van der Waals surface area contributed by atoms with Crippen molar-refractivity contribution in [1.82, 2.24) is 0 Å². The molecule has 0 radical (unpaired) electrons. The van der Waals surface area contributed by atoms with Crippen LogP contribution in [0.15, 0.2) is 18.2 Å². The van der Waals surface area contributed by atoms with Crippen LogP contribution in [-0.4, -0.2) is 23.4 Å². The lowest BCUT2D eigenvalue weighted by molar-refractivity contribution is -0.126. The molecule has 0 aliphatic carbocycles. The fourth-order valence-corrected chi connectivity index (χ4v) is 1.19. The molecular formula is C10H9F2NO3. The summed E-state index contributed by atoms with van der Waals surface area (Å²) in [5.41, 5.74) is 0.279. The predicted octanol–water partition coefficient (Wildman–Crippen LogP) is 1.90. The smallest absolute Gasteiger partial charge is 0.336 e. The lowest BCUT2D eigenvalue weighted by atomic mass is 10.1. The van der Waals surface area contributed by atoms with Crippen molar-refractivity contribution >= 4 is 17.6 Å². The van der Waals surface area contributed by atoms with Crippen molar-refractivity contribution in [2.24, 2.45) is 0 Å². The molecule has 2 N–H and O–H groups in total. The fourth-order valence-electron chi connectivity index (χ4n) is 1.19. The number of nitrogens with one attached hydrogen (secondary N) is 1. The molecule has 0 saturated heterocycles. The van der Waals surface area contributed by atoms with E-state index in [4.69, 9.17) is 5.11 Å². The van der Waals surface area contributed by atoms with E-state index in [-0.39, 0.29) is 16.8 Å². The number of halogens is 2. The van der Waals surface area contributed by atoms with Gasteiger partial charge in [0.05, 0.1) is 5.56 Å². The highest BCUT2D eigenvalue weighted by Gasteiger charge is 2.17. The Labute approximate surface area is 89.9 Å². The summed E-state index contributed by atoms with van der Waals surface area (Å²) in [6.07, 6.45) is -3.13. The molecule has 16 heavy (non-hydrogen) atoms. The van der Waals surface area contributed by atoms with Crippen molar-refractivity contribution in [3.63, 3.8) is 0 Å². The Morgan fingerprint density at radius 1 is 1.38 bits per heavy atom. The lowest BCUT2D eigenvalue weighted by Crippen LogP contribution is -2.21. The van der Waals surface area contributed by atoms with Crippen molar-refractivity contribution in [2.75, 3.05) is 5.32 Å². The summed E-state index contributed by atoms with van der Waals surface area (Å²) in [6, 6.07) is 4.06. The van der Waals surface area contributed by atoms with E-state index in [0.29, 0.717) is 0 Å². The molecule has 0 saturated carbocycles. The van der Waals surface area contributed by atoms with Crippen LogP contribution < -0.4 is 5.32 Å². The number of alkyl halides is 2. The molecule has 0 bridgehead atoms. The van der Waals surface area contributed by atoms with Crippen LogP contribution >= 0.6 is 0 Å². The monoisotopic (exact) mass is 229 g/mol. The highest BCUT2D eigenvalue weighted by molar-refractivity contribution is 5.97. The molecule has 0 aliphatic rings. The zero-order valence-electron chi connectivity index (χ0n) is 8.33. The van der Waals surface area contributed by atoms with Crippen LogP contribution in [0.1, 0.15) is 15.9 Å². The second-order valence-corrected chi connectivity index (χ2v) is 3.07. The maximum atomic E-state index is 12.0. The number of carboxylic acid groups (broad SMARTS) is 1. The van der Waals surface area contributed by atoms with E-state index in [2.05, 4.69) is 0 Å². The van der Waals surface area contributed by atoms with E-state index in [1.807, 2.05) is 5.32 Å². The van der Waals surface area contributed by atoms with Gasteiger partial charge in [0.1, 0.15) is 0 Å². The van der Waals surface area contributed by atoms with Crippen LogP contribution in [0.5, 0.6) is 0 Å². The number of anilines is 1. The summed E-state index contributed by atoms with van der Waals surface area (Å²) in [6.45, 7) is 1.44. The molecule has 0 fully saturated rings. The van der Waals surface area contributed by atoms with E-state index in [9.17, 15) is 18.4 Å². The standard InChI is InChI=1S/C10H9F2NO3/c1-5-6(10(15)16)3-2-4-7(5)13-9(14)8(11)12/h2-4,8H,1H3,(H,13,14)(H,15,16). The maximum Gasteiger partial charge on any atom is 0.336 e. The summed E-state index contributed by atoms with van der Waals surface area (Å²) in [7, 11) is 0. The minimum absolute atomic E-state index is 0.0351. The summed E-state index contributed by atoms with van der Waals surface area (Å²) >= 11 is 0. The van der Waals surface area contributed by atoms with Crippen LogP contribution in [-0.2, 0) is 4.79 Å². The molecule has 6 heteroatoms. The average Bonchev–Trinajstić information content (AvgIpc) is 2.20. The predicted molar refractivity (Wildman–Crippen MR) is 52.8 cm³/mol. The lowest BCUT2D eigenvalue weighted by Gasteiger charge is -2.09. The van der Waals surface area contributed by atoms with Crippen molar-refractivity contribution in [2.45, 2.75) is 13.3 Å². The molecule has 4 nitrogen and oxygen atoms in total. The Morgan fingerprint density at radius 2 is 2.00 bits per heavy atom. The Kier molecular flexibility index (Phi) is 3.55. The van der Waals surface area contributed by atoms with E-state index in [0.717, 1.165) is 0 Å². The van der Waals surface area contributed by atoms with Crippen molar-refractivity contribution < 1.29 is 23.5 Å². The third kappa shape index (κ3) is 2.53. The highest BCUT2D eigenvalue weighted by Crippen LogP contribution is 2.19. The largest absolute Gasteiger partial charge is 0.478 e. The minimum Gasteiger partial charge on any atom is -0.478 e. The zero-order valence-corrected chi connectivity index (χ0v) is 8.33. The first-order valence-electron chi connectivity index (χ1n) is 4.35. The van der Waals surface area contributed by atoms with Gasteiger partial charge in [-0.25, -0.2) is 4.79 Å². The number of benzene rings is 1. The Balaban J connectivity index is 3.02. The summed E-state index contributed by atoms with van der Waals surface area (Å²) < 4.78 is 24.0. The van der Waals surface area contributed by atoms with Crippen molar-refractivity contribution in [3.8, 4) is 0 Å². The van der Waals surface area contributed by atoms with E-state index < -0.39 is 18.3 Å². The minimum atomic E-state index is -3.13. The summed E-state index contributed by atoms with van der Waals surface area (Å²) in [5.74, 6) is -2.63. The number of aromatic carboxylic acids is 1. The Morgan fingerprint density at radius 3 is 2.50 bits per heavy atom. The number of hydrogen-bond donors (Lipinski definition) is 2. The number of carbonyl (C=O) groups excluding carboxylic acids is 1. The summed E-state index contributed by atoms with van der Waals surface area (Å²) in [5, 5.41) is 10.7. The van der Waals surface area contributed by atoms with Gasteiger partial charge in [-0.1, -0.05) is 6.07 Å². The molecule has 0 atom stereocenters. The topological polar surface area (TPSA) is 66.4 Å². The Hall–Kier alpha value is -1.98. The van der Waals surface area contributed by atoms with Crippen molar-refractivity contribution in [3.05, 3.63) is 29.3 Å². The normalized spacial score (nSPS) is 10.2. The SMILES string of the molecule is Cc1c(NC(=O)C(F)F)cccc1C(=O)O. The number of carbonyl (C=O) groups is 2. The molecular weight excluding hydrogens is 220 g/mol. The molecule has 0 heterocycles. The second kappa shape index (κ2) is 4.69. The van der Waals surface area contributed by atoms with E-state index in [1.165, 1.54) is 25.1 Å². The number of hydrogen-bond acceptors (Lipinski definition) is 2. The van der Waals surface area contributed by atoms with Gasteiger partial charge in [0, 0.05) is 5.69 Å². The van der Waals surface area contributed by atoms with Crippen LogP contribution in [0.4, 0.5) is 14.5 Å². The third-order valence-electron chi connectivity index (χ3n) is 2.02. The molecule has 1 amide bonds. The molecule has 1 rings (SSSR count). The second-order valence-electron chi connectivity index (χ2n) is 3.07. The van der Waals surface area contributed by atoms with Crippen LogP contribution in [0.3, 0.4) is 0 Å². The number of carboxylic acids is 1. The van der Waals surface area contributed by atoms with Gasteiger partial charge in [-0.05, 0) is 24.6 Å². The maximum absolute atomic E-state index is 12.0. The molecule has 1 aromatic carbocycles. The molecule has 0 spiro atoms. The van der Waals surface area contributed by atoms with Gasteiger partial charge in [0.15, 0.2) is 0 Å². The van der Waals surface area contributed by atoms with E-state index >= 15 is 0 Å². The van der Waals surface area contributed by atoms with Gasteiger partial charge in [-0.2, -0.15) is 8.78 Å². The first-order valence-corrected chi connectivity index (χ1v) is 4.35. The first kappa shape index (κ1) is 12.1. The Bertz CT molecular complexity index is 432. The van der Waals surface area contributed by atoms with Crippen molar-refractivity contribution in [1.29, 1.82) is 0 Å². The quantitative estimate of drug-likeness (QED) is 0.831. The molecule has 0 aliphatic heterocycles. The van der Waals surface area contributed by atoms with Crippen LogP contribution in [0, 0.1) is 6.92 Å². The fraction of sp³-hybridized carbons (Fsp3) is 0.200. The average molecular weight is 229 g/mol. The molecule has 0 unspecified atom stereocenters. The first-order chi connectivity index (χ1) is 7.43. The third-order valence-corrected chi connectivity index (χ3v) is 2.02. The highest BCUT2D eigenvalue weighted by atomic mass is 19.3. The zero-order chi connectivity index (χ0) is 12.3. The van der Waals surface area contributed by atoms with Crippen LogP contribution in [0.2, 0.25) is 0 Å². The van der Waals surface area contributed by atoms with Gasteiger partial charge in [-0.3, -0.25) is 4.79 Å².